The molecule has 0 aromatic carbocycles. The highest BCUT2D eigenvalue weighted by Gasteiger charge is 2.19. The van der Waals surface area contributed by atoms with Crippen LogP contribution in [0.25, 0.3) is 0 Å². The fraction of sp³-hybridized carbons (Fsp3) is 0.474. The molecule has 152 valence electrons. The van der Waals surface area contributed by atoms with Crippen LogP contribution in [0, 0.1) is 0 Å². The van der Waals surface area contributed by atoms with E-state index in [9.17, 15) is 0 Å². The largest absolute Gasteiger partial charge is 0.472 e. The van der Waals surface area contributed by atoms with Crippen molar-refractivity contribution in [2.45, 2.75) is 32.9 Å². The number of pyridine rings is 1. The van der Waals surface area contributed by atoms with E-state index in [2.05, 4.69) is 29.7 Å². The highest BCUT2D eigenvalue weighted by Crippen LogP contribution is 2.16. The van der Waals surface area contributed by atoms with E-state index in [1.54, 1.807) is 18.6 Å². The van der Waals surface area contributed by atoms with E-state index < -0.39 is 0 Å². The van der Waals surface area contributed by atoms with Crippen molar-refractivity contribution in [2.75, 3.05) is 31.1 Å². The van der Waals surface area contributed by atoms with E-state index in [1.807, 2.05) is 39.0 Å². The third-order valence-electron chi connectivity index (χ3n) is 4.07. The van der Waals surface area contributed by atoms with Crippen molar-refractivity contribution in [3.8, 4) is 5.88 Å². The SMILES string of the molecule is CC(C)(C)Oc1ccc(CN=C(N)N2CCN(c3ncccn3)CC2)cn1.I. The van der Waals surface area contributed by atoms with Crippen LogP contribution in [0.4, 0.5) is 5.95 Å². The van der Waals surface area contributed by atoms with Gasteiger partial charge in [-0.3, -0.25) is 0 Å². The van der Waals surface area contributed by atoms with Crippen LogP contribution in [0.5, 0.6) is 5.88 Å². The van der Waals surface area contributed by atoms with Crippen LogP contribution < -0.4 is 15.4 Å². The highest BCUT2D eigenvalue weighted by atomic mass is 127. The summed E-state index contributed by atoms with van der Waals surface area (Å²) in [6.07, 6.45) is 5.30. The summed E-state index contributed by atoms with van der Waals surface area (Å²) in [5, 5.41) is 0. The molecule has 0 unspecified atom stereocenters. The van der Waals surface area contributed by atoms with Gasteiger partial charge in [0.1, 0.15) is 5.60 Å². The Morgan fingerprint density at radius 2 is 1.79 bits per heavy atom. The minimum atomic E-state index is -0.260. The molecule has 0 atom stereocenters. The number of aliphatic imine (C=N–C) groups is 1. The topological polar surface area (TPSA) is 92.8 Å². The lowest BCUT2D eigenvalue weighted by atomic mass is 10.2. The molecular formula is C19H28IN7O. The Morgan fingerprint density at radius 3 is 2.36 bits per heavy atom. The summed E-state index contributed by atoms with van der Waals surface area (Å²) in [5.74, 6) is 1.93. The molecule has 1 aliphatic rings. The van der Waals surface area contributed by atoms with Gasteiger partial charge in [-0.25, -0.2) is 19.9 Å². The first kappa shape index (κ1) is 22.1. The smallest absolute Gasteiger partial charge is 0.225 e. The van der Waals surface area contributed by atoms with Gasteiger partial charge in [0, 0.05) is 50.8 Å². The van der Waals surface area contributed by atoms with Crippen LogP contribution in [-0.2, 0) is 6.54 Å². The number of aromatic nitrogens is 3. The Balaban J connectivity index is 0.00000280. The predicted molar refractivity (Wildman–Crippen MR) is 121 cm³/mol. The summed E-state index contributed by atoms with van der Waals surface area (Å²) in [7, 11) is 0. The molecule has 0 amide bonds. The average molecular weight is 497 g/mol. The highest BCUT2D eigenvalue weighted by molar-refractivity contribution is 14.0. The lowest BCUT2D eigenvalue weighted by molar-refractivity contribution is 0.124. The van der Waals surface area contributed by atoms with Gasteiger partial charge in [0.2, 0.25) is 11.8 Å². The van der Waals surface area contributed by atoms with Crippen LogP contribution in [0.1, 0.15) is 26.3 Å². The molecule has 1 fully saturated rings. The monoisotopic (exact) mass is 497 g/mol. The van der Waals surface area contributed by atoms with Crippen LogP contribution in [-0.4, -0.2) is 57.6 Å². The summed E-state index contributed by atoms with van der Waals surface area (Å²) in [6, 6.07) is 5.65. The summed E-state index contributed by atoms with van der Waals surface area (Å²) in [5.41, 5.74) is 6.91. The molecule has 2 aromatic rings. The van der Waals surface area contributed by atoms with Crippen molar-refractivity contribution in [2.24, 2.45) is 10.7 Å². The molecule has 1 saturated heterocycles. The third-order valence-corrected chi connectivity index (χ3v) is 4.07. The molecule has 3 rings (SSSR count). The molecule has 2 N–H and O–H groups in total. The van der Waals surface area contributed by atoms with Crippen molar-refractivity contribution in [3.05, 3.63) is 42.4 Å². The van der Waals surface area contributed by atoms with Crippen molar-refractivity contribution in [3.63, 3.8) is 0 Å². The summed E-state index contributed by atoms with van der Waals surface area (Å²) in [4.78, 5) is 21.7. The molecule has 0 bridgehead atoms. The molecule has 8 nitrogen and oxygen atoms in total. The number of piperazine rings is 1. The van der Waals surface area contributed by atoms with Crippen LogP contribution >= 0.6 is 24.0 Å². The number of hydrogen-bond donors (Lipinski definition) is 1. The fourth-order valence-electron chi connectivity index (χ4n) is 2.74. The number of nitrogens with zero attached hydrogens (tertiary/aromatic N) is 6. The number of nitrogens with two attached hydrogens (primary N) is 1. The maximum atomic E-state index is 6.17. The van der Waals surface area contributed by atoms with Crippen molar-refractivity contribution in [1.82, 2.24) is 19.9 Å². The molecular weight excluding hydrogens is 469 g/mol. The maximum absolute atomic E-state index is 6.17. The van der Waals surface area contributed by atoms with Gasteiger partial charge in [-0.15, -0.1) is 24.0 Å². The second-order valence-corrected chi connectivity index (χ2v) is 7.42. The van der Waals surface area contributed by atoms with E-state index in [0.29, 0.717) is 18.4 Å². The van der Waals surface area contributed by atoms with Gasteiger partial charge in [0.05, 0.1) is 6.54 Å². The van der Waals surface area contributed by atoms with Gasteiger partial charge in [-0.05, 0) is 32.4 Å². The van der Waals surface area contributed by atoms with Gasteiger partial charge in [-0.2, -0.15) is 0 Å². The molecule has 9 heteroatoms. The first-order valence-electron chi connectivity index (χ1n) is 9.11. The lowest BCUT2D eigenvalue weighted by Gasteiger charge is -2.35. The Bertz CT molecular complexity index is 754. The van der Waals surface area contributed by atoms with Crippen molar-refractivity contribution < 1.29 is 4.74 Å². The second kappa shape index (κ2) is 9.85. The van der Waals surface area contributed by atoms with Crippen LogP contribution in [0.3, 0.4) is 0 Å². The number of guanidine groups is 1. The number of rotatable bonds is 4. The maximum Gasteiger partial charge on any atom is 0.225 e. The normalized spacial score (nSPS) is 15.2. The van der Waals surface area contributed by atoms with E-state index >= 15 is 0 Å². The standard InChI is InChI=1S/C19H27N7O.HI/c1-19(2,3)27-16-6-5-15(13-23-16)14-24-17(20)25-9-11-26(12-10-25)18-21-7-4-8-22-18;/h4-8,13H,9-12,14H2,1-3H3,(H2,20,24);1H. The minimum absolute atomic E-state index is 0. The molecule has 0 saturated carbocycles. The van der Waals surface area contributed by atoms with Gasteiger partial charge in [0.25, 0.3) is 0 Å². The van der Waals surface area contributed by atoms with Crippen LogP contribution in [0.15, 0.2) is 41.8 Å². The first-order valence-corrected chi connectivity index (χ1v) is 9.11. The summed E-state index contributed by atoms with van der Waals surface area (Å²) in [6.45, 7) is 9.72. The Morgan fingerprint density at radius 1 is 1.11 bits per heavy atom. The van der Waals surface area contributed by atoms with E-state index in [4.69, 9.17) is 10.5 Å². The molecule has 0 aliphatic carbocycles. The molecule has 2 aromatic heterocycles. The Kier molecular flexibility index (Phi) is 7.78. The average Bonchev–Trinajstić information content (AvgIpc) is 2.67. The van der Waals surface area contributed by atoms with Crippen molar-refractivity contribution in [1.29, 1.82) is 0 Å². The third kappa shape index (κ3) is 6.47. The predicted octanol–water partition coefficient (Wildman–Crippen LogP) is 2.30. The Hall–Kier alpha value is -2.17. The number of hydrogen-bond acceptors (Lipinski definition) is 6. The van der Waals surface area contributed by atoms with E-state index in [-0.39, 0.29) is 29.6 Å². The molecule has 0 spiro atoms. The molecule has 3 heterocycles. The number of ether oxygens (including phenoxy) is 1. The van der Waals surface area contributed by atoms with Gasteiger partial charge >= 0.3 is 0 Å². The molecule has 1 aliphatic heterocycles. The van der Waals surface area contributed by atoms with E-state index in [0.717, 1.165) is 37.7 Å². The van der Waals surface area contributed by atoms with Gasteiger partial charge in [-0.1, -0.05) is 6.07 Å². The van der Waals surface area contributed by atoms with Crippen LogP contribution in [0.2, 0.25) is 0 Å². The summed E-state index contributed by atoms with van der Waals surface area (Å²) >= 11 is 0. The zero-order chi connectivity index (χ0) is 19.3. The number of anilines is 1. The van der Waals surface area contributed by atoms with Gasteiger partial charge in [0.15, 0.2) is 5.96 Å². The fourth-order valence-corrected chi connectivity index (χ4v) is 2.74. The summed E-state index contributed by atoms with van der Waals surface area (Å²) < 4.78 is 5.73. The lowest BCUT2D eigenvalue weighted by Crippen LogP contribution is -2.51. The molecule has 0 radical (unpaired) electrons. The van der Waals surface area contributed by atoms with Crippen molar-refractivity contribution >= 4 is 35.9 Å². The first-order chi connectivity index (χ1) is 12.9. The second-order valence-electron chi connectivity index (χ2n) is 7.42. The number of halogens is 1. The quantitative estimate of drug-likeness (QED) is 0.394. The molecule has 28 heavy (non-hydrogen) atoms. The zero-order valence-corrected chi connectivity index (χ0v) is 18.9. The minimum Gasteiger partial charge on any atom is -0.472 e. The van der Waals surface area contributed by atoms with Gasteiger partial charge < -0.3 is 20.3 Å². The van der Waals surface area contributed by atoms with E-state index in [1.165, 1.54) is 0 Å². The zero-order valence-electron chi connectivity index (χ0n) is 16.6. The Labute approximate surface area is 183 Å².